The first-order chi connectivity index (χ1) is 10.7. The number of halogens is 3. The second kappa shape index (κ2) is 5.94. The number of carboxylic acids is 1. The monoisotopic (exact) mass is 331 g/mol. The zero-order valence-corrected chi connectivity index (χ0v) is 11.1. The quantitative estimate of drug-likeness (QED) is 0.666. The Morgan fingerprint density at radius 3 is 2.65 bits per heavy atom. The molecule has 1 aromatic heterocycles. The molecule has 0 saturated heterocycles. The lowest BCUT2D eigenvalue weighted by atomic mass is 10.2. The van der Waals surface area contributed by atoms with E-state index < -0.39 is 40.7 Å². The summed E-state index contributed by atoms with van der Waals surface area (Å²) in [4.78, 5) is 20.6. The molecule has 0 saturated carbocycles. The van der Waals surface area contributed by atoms with Crippen LogP contribution in [0.2, 0.25) is 0 Å². The van der Waals surface area contributed by atoms with Gasteiger partial charge in [0.25, 0.3) is 0 Å². The second-order valence-electron chi connectivity index (χ2n) is 4.26. The number of alkyl halides is 3. The third-order valence-electron chi connectivity index (χ3n) is 2.67. The van der Waals surface area contributed by atoms with Crippen molar-refractivity contribution < 1.29 is 32.7 Å². The Morgan fingerprint density at radius 2 is 2.13 bits per heavy atom. The van der Waals surface area contributed by atoms with Gasteiger partial charge in [0.15, 0.2) is 6.73 Å². The molecule has 2 rings (SSSR count). The van der Waals surface area contributed by atoms with E-state index >= 15 is 0 Å². The van der Waals surface area contributed by atoms with Crippen LogP contribution >= 0.6 is 0 Å². The van der Waals surface area contributed by atoms with Gasteiger partial charge in [0, 0.05) is 0 Å². The minimum Gasteiger partial charge on any atom is -0.476 e. The van der Waals surface area contributed by atoms with E-state index in [-0.39, 0.29) is 5.75 Å². The number of hydrogen-bond acceptors (Lipinski definition) is 5. The van der Waals surface area contributed by atoms with Crippen molar-refractivity contribution in [1.29, 1.82) is 0 Å². The summed E-state index contributed by atoms with van der Waals surface area (Å²) in [5.41, 5.74) is -2.46. The van der Waals surface area contributed by atoms with E-state index in [1.54, 1.807) is 0 Å². The molecule has 0 unspecified atom stereocenters. The van der Waals surface area contributed by atoms with Crippen molar-refractivity contribution in [3.8, 4) is 5.75 Å². The van der Waals surface area contributed by atoms with E-state index in [0.717, 1.165) is 29.1 Å². The number of hydrogen-bond donors (Lipinski definition) is 1. The van der Waals surface area contributed by atoms with E-state index in [2.05, 4.69) is 5.10 Å². The van der Waals surface area contributed by atoms with Gasteiger partial charge in [-0.05, 0) is 18.2 Å². The lowest BCUT2D eigenvalue weighted by Crippen LogP contribution is -2.09. The first-order valence-corrected chi connectivity index (χ1v) is 5.93. The number of carboxylic acid groups (broad SMARTS) is 1. The standard InChI is InChI=1S/C12H8F3N3O5/c13-12(14,15)7-2-1-3-8(4-7)23-6-17-5-9(18(21)22)10(16-17)11(19)20/h1-5H,6H2,(H,19,20). The summed E-state index contributed by atoms with van der Waals surface area (Å²) in [7, 11) is 0. The predicted molar refractivity (Wildman–Crippen MR) is 67.9 cm³/mol. The van der Waals surface area contributed by atoms with Gasteiger partial charge in [0.1, 0.15) is 11.9 Å². The van der Waals surface area contributed by atoms with Gasteiger partial charge in [0.2, 0.25) is 5.69 Å². The van der Waals surface area contributed by atoms with Crippen molar-refractivity contribution >= 4 is 11.7 Å². The van der Waals surface area contributed by atoms with Crippen LogP contribution in [0.25, 0.3) is 0 Å². The van der Waals surface area contributed by atoms with E-state index in [4.69, 9.17) is 9.84 Å². The number of ether oxygens (including phenoxy) is 1. The minimum absolute atomic E-state index is 0.144. The molecule has 2 aromatic rings. The Hall–Kier alpha value is -3.11. The van der Waals surface area contributed by atoms with Gasteiger partial charge in [-0.25, -0.2) is 9.48 Å². The molecule has 0 spiro atoms. The summed E-state index contributed by atoms with van der Waals surface area (Å²) in [6.07, 6.45) is -3.72. The normalized spacial score (nSPS) is 11.3. The van der Waals surface area contributed by atoms with E-state index in [0.29, 0.717) is 0 Å². The summed E-state index contributed by atoms with van der Waals surface area (Å²) in [5.74, 6) is -1.75. The SMILES string of the molecule is O=C(O)c1nn(COc2cccc(C(F)(F)F)c2)cc1[N+](=O)[O-]. The molecular weight excluding hydrogens is 323 g/mol. The van der Waals surface area contributed by atoms with Crippen LogP contribution in [0, 0.1) is 10.1 Å². The molecule has 1 N–H and O–H groups in total. The minimum atomic E-state index is -4.54. The van der Waals surface area contributed by atoms with Gasteiger partial charge in [-0.2, -0.15) is 18.3 Å². The molecule has 0 atom stereocenters. The van der Waals surface area contributed by atoms with Gasteiger partial charge in [-0.15, -0.1) is 0 Å². The number of carbonyl (C=O) groups is 1. The highest BCUT2D eigenvalue weighted by atomic mass is 19.4. The average Bonchev–Trinajstić information content (AvgIpc) is 2.89. The highest BCUT2D eigenvalue weighted by Gasteiger charge is 2.30. The molecule has 1 heterocycles. The van der Waals surface area contributed by atoms with Crippen molar-refractivity contribution in [1.82, 2.24) is 9.78 Å². The van der Waals surface area contributed by atoms with Crippen LogP contribution in [0.3, 0.4) is 0 Å². The third kappa shape index (κ3) is 3.75. The van der Waals surface area contributed by atoms with Gasteiger partial charge in [-0.1, -0.05) is 6.07 Å². The average molecular weight is 331 g/mol. The first kappa shape index (κ1) is 16.3. The number of aromatic carboxylic acids is 1. The molecule has 8 nitrogen and oxygen atoms in total. The number of nitrogens with zero attached hydrogens (tertiary/aromatic N) is 3. The predicted octanol–water partition coefficient (Wildman–Crippen LogP) is 2.54. The fraction of sp³-hybridized carbons (Fsp3) is 0.167. The lowest BCUT2D eigenvalue weighted by molar-refractivity contribution is -0.385. The van der Waals surface area contributed by atoms with Gasteiger partial charge in [-0.3, -0.25) is 10.1 Å². The highest BCUT2D eigenvalue weighted by molar-refractivity contribution is 5.89. The molecule has 0 radical (unpaired) electrons. The Morgan fingerprint density at radius 1 is 1.43 bits per heavy atom. The smallest absolute Gasteiger partial charge is 0.416 e. The fourth-order valence-electron chi connectivity index (χ4n) is 1.67. The zero-order valence-electron chi connectivity index (χ0n) is 11.1. The van der Waals surface area contributed by atoms with Crippen LogP contribution in [-0.2, 0) is 12.9 Å². The highest BCUT2D eigenvalue weighted by Crippen LogP contribution is 2.31. The van der Waals surface area contributed by atoms with Crippen LogP contribution < -0.4 is 4.74 Å². The van der Waals surface area contributed by atoms with Crippen LogP contribution in [0.1, 0.15) is 16.1 Å². The van der Waals surface area contributed by atoms with Crippen molar-refractivity contribution in [2.24, 2.45) is 0 Å². The number of rotatable bonds is 5. The van der Waals surface area contributed by atoms with E-state index in [9.17, 15) is 28.1 Å². The zero-order chi connectivity index (χ0) is 17.2. The van der Waals surface area contributed by atoms with Crippen molar-refractivity contribution in [3.63, 3.8) is 0 Å². The molecule has 0 amide bonds. The van der Waals surface area contributed by atoms with Crippen molar-refractivity contribution in [3.05, 3.63) is 51.8 Å². The maximum atomic E-state index is 12.6. The van der Waals surface area contributed by atoms with E-state index in [1.807, 2.05) is 0 Å². The van der Waals surface area contributed by atoms with Crippen LogP contribution in [-0.4, -0.2) is 25.8 Å². The summed E-state index contributed by atoms with van der Waals surface area (Å²) in [5, 5.41) is 22.9. The molecule has 0 fully saturated rings. The summed E-state index contributed by atoms with van der Waals surface area (Å²) < 4.78 is 43.5. The maximum Gasteiger partial charge on any atom is 0.416 e. The molecule has 11 heteroatoms. The molecule has 23 heavy (non-hydrogen) atoms. The molecule has 1 aromatic carbocycles. The molecule has 0 aliphatic rings. The first-order valence-electron chi connectivity index (χ1n) is 5.93. The number of nitro groups is 1. The lowest BCUT2D eigenvalue weighted by Gasteiger charge is -2.09. The van der Waals surface area contributed by atoms with Gasteiger partial charge < -0.3 is 9.84 Å². The summed E-state index contributed by atoms with van der Waals surface area (Å²) in [6.45, 7) is -0.491. The summed E-state index contributed by atoms with van der Waals surface area (Å²) in [6, 6.07) is 3.99. The Bertz CT molecular complexity index is 725. The summed E-state index contributed by atoms with van der Waals surface area (Å²) >= 11 is 0. The van der Waals surface area contributed by atoms with Crippen LogP contribution in [0.4, 0.5) is 18.9 Å². The number of aromatic nitrogens is 2. The molecule has 122 valence electrons. The van der Waals surface area contributed by atoms with Crippen molar-refractivity contribution in [2.75, 3.05) is 0 Å². The molecule has 0 aliphatic heterocycles. The van der Waals surface area contributed by atoms with Gasteiger partial charge in [0.05, 0.1) is 10.5 Å². The third-order valence-corrected chi connectivity index (χ3v) is 2.67. The Labute approximate surface area is 125 Å². The molecule has 0 aliphatic carbocycles. The van der Waals surface area contributed by atoms with E-state index in [1.165, 1.54) is 6.07 Å². The molecular formula is C12H8F3N3O5. The topological polar surface area (TPSA) is 107 Å². The number of benzene rings is 1. The van der Waals surface area contributed by atoms with Gasteiger partial charge >= 0.3 is 17.8 Å². The van der Waals surface area contributed by atoms with Crippen molar-refractivity contribution in [2.45, 2.75) is 12.9 Å². The van der Waals surface area contributed by atoms with Crippen LogP contribution in [0.5, 0.6) is 5.75 Å². The molecule has 0 bridgehead atoms. The Balaban J connectivity index is 2.17. The fourth-order valence-corrected chi connectivity index (χ4v) is 1.67. The van der Waals surface area contributed by atoms with Crippen LogP contribution in [0.15, 0.2) is 30.5 Å². The maximum absolute atomic E-state index is 12.6. The second-order valence-corrected chi connectivity index (χ2v) is 4.26. The Kier molecular flexibility index (Phi) is 4.20. The largest absolute Gasteiger partial charge is 0.476 e.